The number of carbonyl (C=O) groups excluding carboxylic acids is 1. The molecule has 0 unspecified atom stereocenters. The van der Waals surface area contributed by atoms with Crippen molar-refractivity contribution < 1.29 is 4.79 Å². The zero-order valence-electron chi connectivity index (χ0n) is 17.8. The van der Waals surface area contributed by atoms with Crippen molar-refractivity contribution in [3.8, 4) is 17.1 Å². The van der Waals surface area contributed by atoms with Gasteiger partial charge in [-0.15, -0.1) is 10.2 Å². The Labute approximate surface area is 190 Å². The summed E-state index contributed by atoms with van der Waals surface area (Å²) in [5.74, 6) is 0.652. The van der Waals surface area contributed by atoms with Crippen LogP contribution in [0.2, 0.25) is 0 Å². The van der Waals surface area contributed by atoms with Crippen molar-refractivity contribution >= 4 is 23.9 Å². The molecule has 2 aromatic heterocycles. The highest BCUT2D eigenvalue weighted by Gasteiger charge is 2.17. The minimum atomic E-state index is -0.231. The van der Waals surface area contributed by atoms with E-state index in [2.05, 4.69) is 25.7 Å². The number of pyridine rings is 1. The molecule has 4 rings (SSSR count). The molecule has 0 aliphatic carbocycles. The molecule has 32 heavy (non-hydrogen) atoms. The van der Waals surface area contributed by atoms with Gasteiger partial charge in [0.1, 0.15) is 0 Å². The molecular formula is C24H22N6OS. The molecule has 0 aliphatic heterocycles. The molecule has 0 radical (unpaired) electrons. The number of aromatic nitrogens is 4. The number of benzene rings is 2. The maximum atomic E-state index is 12.3. The molecule has 0 fully saturated rings. The van der Waals surface area contributed by atoms with Crippen LogP contribution in [0.3, 0.4) is 0 Å². The van der Waals surface area contributed by atoms with Crippen molar-refractivity contribution in [2.75, 3.05) is 5.75 Å². The molecule has 0 saturated heterocycles. The summed E-state index contributed by atoms with van der Waals surface area (Å²) >= 11 is 1.31. The van der Waals surface area contributed by atoms with E-state index in [0.29, 0.717) is 5.16 Å². The van der Waals surface area contributed by atoms with Crippen molar-refractivity contribution in [2.45, 2.75) is 19.0 Å². The van der Waals surface area contributed by atoms with Crippen molar-refractivity contribution in [2.24, 2.45) is 5.10 Å². The molecule has 0 atom stereocenters. The standard InChI is InChI=1S/C24H22N6OS/c1-17-5-9-20(10-6-17)23-28-29-24(30(23)21-11-7-18(2)8-12-21)32-16-22(31)27-26-15-19-4-3-13-25-14-19/h3-15H,16H2,1-2H3,(H,27,31). The van der Waals surface area contributed by atoms with Crippen molar-refractivity contribution in [1.29, 1.82) is 0 Å². The first-order valence-electron chi connectivity index (χ1n) is 10.0. The van der Waals surface area contributed by atoms with E-state index >= 15 is 0 Å². The van der Waals surface area contributed by atoms with E-state index in [4.69, 9.17) is 0 Å². The molecule has 4 aromatic rings. The lowest BCUT2D eigenvalue weighted by Gasteiger charge is -2.11. The number of nitrogens with zero attached hydrogens (tertiary/aromatic N) is 5. The smallest absolute Gasteiger partial charge is 0.250 e. The van der Waals surface area contributed by atoms with Gasteiger partial charge in [0.25, 0.3) is 5.91 Å². The summed E-state index contributed by atoms with van der Waals surface area (Å²) in [5, 5.41) is 13.4. The third-order valence-electron chi connectivity index (χ3n) is 4.65. The monoisotopic (exact) mass is 442 g/mol. The number of carbonyl (C=O) groups is 1. The zero-order chi connectivity index (χ0) is 22.3. The van der Waals surface area contributed by atoms with Crippen LogP contribution < -0.4 is 5.43 Å². The van der Waals surface area contributed by atoms with Crippen molar-refractivity contribution in [3.05, 3.63) is 89.7 Å². The number of thioether (sulfide) groups is 1. The number of rotatable bonds is 7. The fraction of sp³-hybridized carbons (Fsp3) is 0.125. The van der Waals surface area contributed by atoms with Gasteiger partial charge in [0.05, 0.1) is 12.0 Å². The van der Waals surface area contributed by atoms with Crippen LogP contribution in [-0.2, 0) is 4.79 Å². The van der Waals surface area contributed by atoms with Gasteiger partial charge in [-0.25, -0.2) is 5.43 Å². The Balaban J connectivity index is 1.53. The second-order valence-corrected chi connectivity index (χ2v) is 8.15. The minimum Gasteiger partial charge on any atom is -0.272 e. The zero-order valence-corrected chi connectivity index (χ0v) is 18.6. The van der Waals surface area contributed by atoms with Gasteiger partial charge in [-0.1, -0.05) is 65.4 Å². The second kappa shape index (κ2) is 10.0. The van der Waals surface area contributed by atoms with Gasteiger partial charge in [-0.05, 0) is 32.0 Å². The maximum absolute atomic E-state index is 12.3. The summed E-state index contributed by atoms with van der Waals surface area (Å²) in [5.41, 5.74) is 7.58. The molecule has 0 saturated carbocycles. The van der Waals surface area contributed by atoms with Gasteiger partial charge in [0, 0.05) is 29.2 Å². The first-order valence-corrected chi connectivity index (χ1v) is 11.0. The van der Waals surface area contributed by atoms with Crippen LogP contribution in [-0.4, -0.2) is 37.6 Å². The summed E-state index contributed by atoms with van der Waals surface area (Å²) < 4.78 is 1.97. The topological polar surface area (TPSA) is 85.1 Å². The molecule has 2 heterocycles. The maximum Gasteiger partial charge on any atom is 0.250 e. The highest BCUT2D eigenvalue weighted by Crippen LogP contribution is 2.28. The summed E-state index contributed by atoms with van der Waals surface area (Å²) in [6.07, 6.45) is 4.91. The van der Waals surface area contributed by atoms with Crippen LogP contribution in [0.4, 0.5) is 0 Å². The molecular weight excluding hydrogens is 420 g/mol. The fourth-order valence-electron chi connectivity index (χ4n) is 2.97. The van der Waals surface area contributed by atoms with Gasteiger partial charge in [-0.3, -0.25) is 14.3 Å². The predicted octanol–water partition coefficient (Wildman–Crippen LogP) is 4.19. The molecule has 160 valence electrons. The predicted molar refractivity (Wildman–Crippen MR) is 127 cm³/mol. The van der Waals surface area contributed by atoms with E-state index in [9.17, 15) is 4.79 Å². The number of amides is 1. The van der Waals surface area contributed by atoms with Crippen LogP contribution in [0.25, 0.3) is 17.1 Å². The van der Waals surface area contributed by atoms with Gasteiger partial charge in [0.2, 0.25) is 0 Å². The Hall–Kier alpha value is -3.78. The molecule has 0 bridgehead atoms. The van der Waals surface area contributed by atoms with Crippen LogP contribution in [0.5, 0.6) is 0 Å². The Kier molecular flexibility index (Phi) is 6.72. The van der Waals surface area contributed by atoms with Gasteiger partial charge in [-0.2, -0.15) is 5.10 Å². The SMILES string of the molecule is Cc1ccc(-c2nnc(SCC(=O)NN=Cc3cccnc3)n2-c2ccc(C)cc2)cc1. The Morgan fingerprint density at radius 3 is 2.44 bits per heavy atom. The third kappa shape index (κ3) is 5.28. The highest BCUT2D eigenvalue weighted by atomic mass is 32.2. The highest BCUT2D eigenvalue weighted by molar-refractivity contribution is 7.99. The molecule has 1 N–H and O–H groups in total. The van der Waals surface area contributed by atoms with Crippen LogP contribution in [0.15, 0.2) is 83.3 Å². The second-order valence-electron chi connectivity index (χ2n) is 7.21. The largest absolute Gasteiger partial charge is 0.272 e. The average molecular weight is 443 g/mol. The van der Waals surface area contributed by atoms with Gasteiger partial charge >= 0.3 is 0 Å². The first kappa shape index (κ1) is 21.5. The normalized spacial score (nSPS) is 11.1. The molecule has 1 amide bonds. The number of hydrogen-bond donors (Lipinski definition) is 1. The Bertz CT molecular complexity index is 1220. The average Bonchev–Trinajstić information content (AvgIpc) is 3.23. The summed E-state index contributed by atoms with van der Waals surface area (Å²) in [7, 11) is 0. The Morgan fingerprint density at radius 1 is 1.03 bits per heavy atom. The summed E-state index contributed by atoms with van der Waals surface area (Å²) in [4.78, 5) is 16.3. The van der Waals surface area contributed by atoms with Gasteiger partial charge < -0.3 is 0 Å². The fourth-order valence-corrected chi connectivity index (χ4v) is 3.72. The van der Waals surface area contributed by atoms with Crippen LogP contribution in [0.1, 0.15) is 16.7 Å². The molecule has 8 heteroatoms. The Morgan fingerprint density at radius 2 is 1.75 bits per heavy atom. The quantitative estimate of drug-likeness (QED) is 0.264. The first-order chi connectivity index (χ1) is 15.6. The summed E-state index contributed by atoms with van der Waals surface area (Å²) in [6.45, 7) is 4.09. The van der Waals surface area contributed by atoms with E-state index in [-0.39, 0.29) is 11.7 Å². The van der Waals surface area contributed by atoms with Crippen LogP contribution in [0, 0.1) is 13.8 Å². The molecule has 0 aliphatic rings. The lowest BCUT2D eigenvalue weighted by Crippen LogP contribution is -2.20. The summed E-state index contributed by atoms with van der Waals surface area (Å²) in [6, 6.07) is 19.9. The third-order valence-corrected chi connectivity index (χ3v) is 5.58. The van der Waals surface area contributed by atoms with E-state index in [0.717, 1.165) is 22.6 Å². The number of hydrogen-bond acceptors (Lipinski definition) is 6. The lowest BCUT2D eigenvalue weighted by atomic mass is 10.1. The van der Waals surface area contributed by atoms with Crippen molar-refractivity contribution in [3.63, 3.8) is 0 Å². The molecule has 0 spiro atoms. The van der Waals surface area contributed by atoms with E-state index < -0.39 is 0 Å². The molecule has 7 nitrogen and oxygen atoms in total. The van der Waals surface area contributed by atoms with E-state index in [1.165, 1.54) is 22.9 Å². The van der Waals surface area contributed by atoms with E-state index in [1.54, 1.807) is 18.6 Å². The van der Waals surface area contributed by atoms with Crippen molar-refractivity contribution in [1.82, 2.24) is 25.2 Å². The molecule has 2 aromatic carbocycles. The van der Waals surface area contributed by atoms with E-state index in [1.807, 2.05) is 79.1 Å². The van der Waals surface area contributed by atoms with Gasteiger partial charge in [0.15, 0.2) is 11.0 Å². The minimum absolute atomic E-state index is 0.155. The number of hydrazone groups is 1. The number of nitrogens with one attached hydrogen (secondary N) is 1. The number of aryl methyl sites for hydroxylation is 2. The lowest BCUT2D eigenvalue weighted by molar-refractivity contribution is -0.118. The van der Waals surface area contributed by atoms with Crippen LogP contribution >= 0.6 is 11.8 Å².